The second kappa shape index (κ2) is 8.90. The molecule has 1 aromatic heterocycles. The van der Waals surface area contributed by atoms with Crippen molar-refractivity contribution in [1.29, 1.82) is 0 Å². The summed E-state index contributed by atoms with van der Waals surface area (Å²) in [7, 11) is 0. The second-order valence-electron chi connectivity index (χ2n) is 8.18. The van der Waals surface area contributed by atoms with Crippen molar-refractivity contribution >= 4 is 22.5 Å². The minimum absolute atomic E-state index is 0.0115. The number of carbonyl (C=O) groups excluding carboxylic acids is 1. The number of nitrogens with zero attached hydrogens (tertiary/aromatic N) is 1. The minimum atomic E-state index is -0.315. The first kappa shape index (κ1) is 20.5. The first-order valence-corrected chi connectivity index (χ1v) is 10.7. The van der Waals surface area contributed by atoms with Gasteiger partial charge in [0.1, 0.15) is 11.6 Å². The van der Waals surface area contributed by atoms with Gasteiger partial charge in [-0.2, -0.15) is 0 Å². The number of aromatic nitrogens is 1. The number of hydrogen-bond donors (Lipinski definition) is 1. The van der Waals surface area contributed by atoms with E-state index in [0.717, 1.165) is 37.5 Å². The van der Waals surface area contributed by atoms with E-state index in [4.69, 9.17) is 0 Å². The molecule has 1 aliphatic rings. The molecule has 5 heteroatoms. The third kappa shape index (κ3) is 4.35. The molecule has 30 heavy (non-hydrogen) atoms. The van der Waals surface area contributed by atoms with Crippen LogP contribution in [0.2, 0.25) is 0 Å². The lowest BCUT2D eigenvalue weighted by Crippen LogP contribution is -2.31. The van der Waals surface area contributed by atoms with Crippen molar-refractivity contribution in [3.63, 3.8) is 0 Å². The molecule has 1 fully saturated rings. The van der Waals surface area contributed by atoms with Crippen molar-refractivity contribution in [3.8, 4) is 0 Å². The average molecular weight is 408 g/mol. The number of amides is 1. The maximum absolute atomic E-state index is 13.5. The van der Waals surface area contributed by atoms with Crippen molar-refractivity contribution in [2.45, 2.75) is 44.9 Å². The molecule has 4 rings (SSSR count). The van der Waals surface area contributed by atoms with Crippen LogP contribution >= 0.6 is 0 Å². The Balaban J connectivity index is 1.43. The highest BCUT2D eigenvalue weighted by Gasteiger charge is 2.32. The van der Waals surface area contributed by atoms with E-state index in [2.05, 4.69) is 10.3 Å². The van der Waals surface area contributed by atoms with Gasteiger partial charge in [-0.1, -0.05) is 6.92 Å². The maximum atomic E-state index is 13.5. The van der Waals surface area contributed by atoms with Gasteiger partial charge in [0, 0.05) is 29.3 Å². The van der Waals surface area contributed by atoms with Crippen molar-refractivity contribution in [2.75, 3.05) is 5.32 Å². The molecule has 1 atom stereocenters. The number of pyridine rings is 1. The first-order chi connectivity index (χ1) is 14.5. The fourth-order valence-electron chi connectivity index (χ4n) is 4.83. The Hall–Kier alpha value is -2.82. The van der Waals surface area contributed by atoms with Crippen LogP contribution in [0, 0.1) is 23.5 Å². The van der Waals surface area contributed by atoms with Crippen LogP contribution in [0.5, 0.6) is 0 Å². The summed E-state index contributed by atoms with van der Waals surface area (Å²) in [6, 6.07) is 12.7. The van der Waals surface area contributed by atoms with Crippen molar-refractivity contribution in [3.05, 3.63) is 71.9 Å². The van der Waals surface area contributed by atoms with E-state index >= 15 is 0 Å². The maximum Gasteiger partial charge on any atom is 0.227 e. The molecule has 0 bridgehead atoms. The quantitative estimate of drug-likeness (QED) is 0.527. The van der Waals surface area contributed by atoms with Crippen LogP contribution in [0.1, 0.15) is 50.5 Å². The summed E-state index contributed by atoms with van der Waals surface area (Å²) in [5.74, 6) is 0.0994. The summed E-state index contributed by atoms with van der Waals surface area (Å²) in [6.45, 7) is 2.05. The molecule has 1 aliphatic carbocycles. The van der Waals surface area contributed by atoms with E-state index in [0.29, 0.717) is 23.0 Å². The van der Waals surface area contributed by atoms with E-state index in [1.165, 1.54) is 29.8 Å². The van der Waals surface area contributed by atoms with Crippen molar-refractivity contribution in [1.82, 2.24) is 4.98 Å². The summed E-state index contributed by atoms with van der Waals surface area (Å²) < 4.78 is 26.6. The van der Waals surface area contributed by atoms with Crippen LogP contribution in [0.15, 0.2) is 54.7 Å². The van der Waals surface area contributed by atoms with Crippen molar-refractivity contribution in [2.24, 2.45) is 11.8 Å². The molecule has 1 amide bonds. The Bertz CT molecular complexity index is 1030. The Morgan fingerprint density at radius 1 is 1.03 bits per heavy atom. The number of fused-ring (bicyclic) bond motifs is 1. The molecule has 0 unspecified atom stereocenters. The van der Waals surface area contributed by atoms with Crippen LogP contribution in [0.4, 0.5) is 14.5 Å². The topological polar surface area (TPSA) is 42.0 Å². The molecule has 0 spiro atoms. The summed E-state index contributed by atoms with van der Waals surface area (Å²) in [5.41, 5.74) is 2.55. The van der Waals surface area contributed by atoms with Crippen LogP contribution in [-0.2, 0) is 4.79 Å². The Morgan fingerprint density at radius 2 is 1.73 bits per heavy atom. The highest BCUT2D eigenvalue weighted by atomic mass is 19.1. The van der Waals surface area contributed by atoms with Gasteiger partial charge in [0.2, 0.25) is 5.91 Å². The van der Waals surface area contributed by atoms with Crippen molar-refractivity contribution < 1.29 is 13.6 Å². The van der Waals surface area contributed by atoms with Crippen LogP contribution < -0.4 is 5.32 Å². The molecule has 1 saturated carbocycles. The molecule has 0 radical (unpaired) electrons. The van der Waals surface area contributed by atoms with Gasteiger partial charge >= 0.3 is 0 Å². The Morgan fingerprint density at radius 3 is 2.43 bits per heavy atom. The highest BCUT2D eigenvalue weighted by molar-refractivity contribution is 5.92. The third-order valence-electron chi connectivity index (χ3n) is 6.41. The van der Waals surface area contributed by atoms with Gasteiger partial charge in [0.25, 0.3) is 0 Å². The van der Waals surface area contributed by atoms with Crippen LogP contribution in [0.3, 0.4) is 0 Å². The molecule has 1 N–H and O–H groups in total. The van der Waals surface area contributed by atoms with Gasteiger partial charge < -0.3 is 5.32 Å². The van der Waals surface area contributed by atoms with Gasteiger partial charge in [-0.3, -0.25) is 9.78 Å². The molecular formula is C25H26F2N2O. The third-order valence-corrected chi connectivity index (χ3v) is 6.41. The normalized spacial score (nSPS) is 20.1. The highest BCUT2D eigenvalue weighted by Crippen LogP contribution is 2.41. The predicted molar refractivity (Wildman–Crippen MR) is 115 cm³/mol. The standard InChI is InChI=1S/C25H26F2N2O/c1-2-21(25(30)29-20-10-7-18(26)8-11-20)16-3-5-17(6-4-16)22-13-14-28-24-15-19(27)9-12-23(22)24/h7-17,21H,2-6H2,1H3,(H,29,30)/t16-,17+,21-/m1/s1. The largest absolute Gasteiger partial charge is 0.326 e. The van der Waals surface area contributed by atoms with Crippen LogP contribution in [-0.4, -0.2) is 10.9 Å². The molecule has 3 nitrogen and oxygen atoms in total. The van der Waals surface area contributed by atoms with E-state index in [1.54, 1.807) is 18.3 Å². The zero-order valence-electron chi connectivity index (χ0n) is 17.1. The number of benzene rings is 2. The van der Waals surface area contributed by atoms with E-state index in [-0.39, 0.29) is 23.5 Å². The summed E-state index contributed by atoms with van der Waals surface area (Å²) in [4.78, 5) is 17.1. The van der Waals surface area contributed by atoms with Gasteiger partial charge in [-0.05, 0) is 92.0 Å². The van der Waals surface area contributed by atoms with Gasteiger partial charge in [-0.15, -0.1) is 0 Å². The second-order valence-corrected chi connectivity index (χ2v) is 8.18. The first-order valence-electron chi connectivity index (χ1n) is 10.7. The fraction of sp³-hybridized carbons (Fsp3) is 0.360. The monoisotopic (exact) mass is 408 g/mol. The average Bonchev–Trinajstić information content (AvgIpc) is 2.76. The molecule has 156 valence electrons. The molecule has 0 aliphatic heterocycles. The zero-order chi connectivity index (χ0) is 21.1. The summed E-state index contributed by atoms with van der Waals surface area (Å²) >= 11 is 0. The molecule has 3 aromatic rings. The Labute approximate surface area is 175 Å². The number of anilines is 1. The lowest BCUT2D eigenvalue weighted by Gasteiger charge is -2.33. The SMILES string of the molecule is CC[C@@H](C(=O)Nc1ccc(F)cc1)[C@H]1CC[C@@H](c2ccnc3cc(F)ccc32)CC1. The molecular weight excluding hydrogens is 382 g/mol. The van der Waals surface area contributed by atoms with Gasteiger partial charge in [0.05, 0.1) is 5.52 Å². The summed E-state index contributed by atoms with van der Waals surface area (Å²) in [5, 5.41) is 3.96. The lowest BCUT2D eigenvalue weighted by molar-refractivity contribution is -0.122. The Kier molecular flexibility index (Phi) is 6.07. The van der Waals surface area contributed by atoms with E-state index in [9.17, 15) is 13.6 Å². The van der Waals surface area contributed by atoms with Gasteiger partial charge in [-0.25, -0.2) is 8.78 Å². The number of nitrogens with one attached hydrogen (secondary N) is 1. The number of carbonyl (C=O) groups is 1. The number of hydrogen-bond acceptors (Lipinski definition) is 2. The van der Waals surface area contributed by atoms with Crippen LogP contribution in [0.25, 0.3) is 10.9 Å². The fourth-order valence-corrected chi connectivity index (χ4v) is 4.83. The van der Waals surface area contributed by atoms with E-state index in [1.807, 2.05) is 19.1 Å². The molecule has 1 heterocycles. The minimum Gasteiger partial charge on any atom is -0.326 e. The number of halogens is 2. The molecule has 2 aromatic carbocycles. The summed E-state index contributed by atoms with van der Waals surface area (Å²) in [6.07, 6.45) is 6.49. The predicted octanol–water partition coefficient (Wildman–Crippen LogP) is 6.45. The lowest BCUT2D eigenvalue weighted by atomic mass is 9.72. The van der Waals surface area contributed by atoms with E-state index < -0.39 is 0 Å². The van der Waals surface area contributed by atoms with Gasteiger partial charge in [0.15, 0.2) is 0 Å². The zero-order valence-corrected chi connectivity index (χ0v) is 17.1. The number of rotatable bonds is 5. The molecule has 0 saturated heterocycles. The smallest absolute Gasteiger partial charge is 0.227 e.